The van der Waals surface area contributed by atoms with E-state index >= 15 is 0 Å². The van der Waals surface area contributed by atoms with Gasteiger partial charge in [-0.2, -0.15) is 0 Å². The quantitative estimate of drug-likeness (QED) is 0.311. The van der Waals surface area contributed by atoms with Gasteiger partial charge in [-0.05, 0) is 24.3 Å². The third kappa shape index (κ3) is 5.78. The Kier molecular flexibility index (Phi) is 7.35. The minimum atomic E-state index is -0.724. The fourth-order valence-electron chi connectivity index (χ4n) is 3.32. The van der Waals surface area contributed by atoms with E-state index in [0.717, 1.165) is 4.90 Å². The van der Waals surface area contributed by atoms with Gasteiger partial charge in [-0.1, -0.05) is 19.1 Å². The summed E-state index contributed by atoms with van der Waals surface area (Å²) >= 11 is 1.47. The molecule has 0 bridgehead atoms. The van der Waals surface area contributed by atoms with Crippen molar-refractivity contribution in [3.8, 4) is 0 Å². The Bertz CT molecular complexity index is 738. The lowest BCUT2D eigenvalue weighted by Crippen LogP contribution is -2.28. The molecule has 0 spiro atoms. The maximum Gasteiger partial charge on any atom is 0.307 e. The predicted octanol–water partition coefficient (Wildman–Crippen LogP) is 2.40. The molecule has 1 aliphatic rings. The number of benzene rings is 1. The Morgan fingerprint density at radius 2 is 2.07 bits per heavy atom. The minimum Gasteiger partial charge on any atom is -0.456 e. The average Bonchev–Trinajstić information content (AvgIpc) is 2.87. The van der Waals surface area contributed by atoms with Gasteiger partial charge < -0.3 is 10.1 Å². The van der Waals surface area contributed by atoms with Crippen molar-refractivity contribution in [2.24, 2.45) is 17.8 Å². The summed E-state index contributed by atoms with van der Waals surface area (Å²) in [7, 11) is 0. The van der Waals surface area contributed by atoms with Crippen LogP contribution in [-0.2, 0) is 19.1 Å². The number of nitrogens with zero attached hydrogens (tertiary/aromatic N) is 1. The second-order valence-electron chi connectivity index (χ2n) is 6.55. The maximum absolute atomic E-state index is 12.0. The van der Waals surface area contributed by atoms with E-state index < -0.39 is 35.2 Å². The highest BCUT2D eigenvalue weighted by molar-refractivity contribution is 7.98. The molecule has 1 aromatic carbocycles. The van der Waals surface area contributed by atoms with Crippen LogP contribution in [0.15, 0.2) is 29.2 Å². The molecule has 1 aliphatic carbocycles. The molecule has 0 saturated heterocycles. The van der Waals surface area contributed by atoms with E-state index in [4.69, 9.17) is 4.74 Å². The van der Waals surface area contributed by atoms with E-state index in [1.807, 2.05) is 18.4 Å². The summed E-state index contributed by atoms with van der Waals surface area (Å²) < 4.78 is 4.97. The molecular formula is C18H22N2O6S. The van der Waals surface area contributed by atoms with Crippen molar-refractivity contribution in [2.75, 3.05) is 24.7 Å². The molecule has 146 valence electrons. The normalized spacial score (nSPS) is 21.7. The standard InChI is InChI=1S/C18H22N2O6S/c1-11-7-15(21)12(13(11)9-20(24)25)8-18(23)26-10-17(22)19-14-5-3-4-6-16(14)27-2/h3-6,11-13H,7-10H2,1-2H3,(H,19,22)/t11-,12+,13+/m0/s1. The molecule has 0 unspecified atom stereocenters. The van der Waals surface area contributed by atoms with Gasteiger partial charge >= 0.3 is 5.97 Å². The molecule has 0 heterocycles. The molecular weight excluding hydrogens is 372 g/mol. The van der Waals surface area contributed by atoms with Crippen LogP contribution >= 0.6 is 11.8 Å². The first-order valence-corrected chi connectivity index (χ1v) is 9.77. The fourth-order valence-corrected chi connectivity index (χ4v) is 3.87. The number of para-hydroxylation sites is 1. The number of nitro groups is 1. The Labute approximate surface area is 161 Å². The number of ketones is 1. The number of Topliss-reactive ketones (excluding diaryl/α,β-unsaturated/α-hetero) is 1. The lowest BCUT2D eigenvalue weighted by atomic mass is 9.88. The van der Waals surface area contributed by atoms with Crippen LogP contribution in [0.25, 0.3) is 0 Å². The molecule has 0 aliphatic heterocycles. The lowest BCUT2D eigenvalue weighted by Gasteiger charge is -2.17. The molecule has 1 aromatic rings. The molecule has 3 atom stereocenters. The number of hydrogen-bond donors (Lipinski definition) is 1. The molecule has 0 radical (unpaired) electrons. The number of carbonyl (C=O) groups is 3. The highest BCUT2D eigenvalue weighted by atomic mass is 32.2. The van der Waals surface area contributed by atoms with Crippen molar-refractivity contribution in [1.82, 2.24) is 0 Å². The van der Waals surface area contributed by atoms with E-state index in [1.54, 1.807) is 19.1 Å². The van der Waals surface area contributed by atoms with Gasteiger partial charge in [0, 0.05) is 28.1 Å². The van der Waals surface area contributed by atoms with Crippen LogP contribution in [0.1, 0.15) is 19.8 Å². The summed E-state index contributed by atoms with van der Waals surface area (Å²) in [6, 6.07) is 7.23. The number of esters is 1. The Morgan fingerprint density at radius 1 is 1.37 bits per heavy atom. The highest BCUT2D eigenvalue weighted by Gasteiger charge is 2.44. The number of nitrogens with one attached hydrogen (secondary N) is 1. The first-order valence-electron chi connectivity index (χ1n) is 8.54. The zero-order chi connectivity index (χ0) is 20.0. The van der Waals surface area contributed by atoms with Crippen LogP contribution in [0.4, 0.5) is 5.69 Å². The topological polar surface area (TPSA) is 116 Å². The van der Waals surface area contributed by atoms with Crippen LogP contribution in [-0.4, -0.2) is 42.0 Å². The van der Waals surface area contributed by atoms with E-state index in [0.29, 0.717) is 5.69 Å². The first-order chi connectivity index (χ1) is 12.8. The summed E-state index contributed by atoms with van der Waals surface area (Å²) in [5.41, 5.74) is 0.622. The highest BCUT2D eigenvalue weighted by Crippen LogP contribution is 2.36. The fraction of sp³-hybridized carbons (Fsp3) is 0.500. The molecule has 1 amide bonds. The third-order valence-electron chi connectivity index (χ3n) is 4.68. The van der Waals surface area contributed by atoms with Gasteiger partial charge in [-0.15, -0.1) is 11.8 Å². The van der Waals surface area contributed by atoms with Crippen molar-refractivity contribution in [3.05, 3.63) is 34.4 Å². The van der Waals surface area contributed by atoms with Gasteiger partial charge in [0.25, 0.3) is 5.91 Å². The van der Waals surface area contributed by atoms with Gasteiger partial charge in [0.15, 0.2) is 6.61 Å². The second kappa shape index (κ2) is 9.50. The van der Waals surface area contributed by atoms with Gasteiger partial charge in [0.2, 0.25) is 6.54 Å². The second-order valence-corrected chi connectivity index (χ2v) is 7.39. The zero-order valence-electron chi connectivity index (χ0n) is 15.2. The first kappa shape index (κ1) is 20.9. The number of hydrogen-bond acceptors (Lipinski definition) is 7. The van der Waals surface area contributed by atoms with E-state index in [2.05, 4.69) is 5.32 Å². The van der Waals surface area contributed by atoms with Gasteiger partial charge in [0.1, 0.15) is 5.78 Å². The van der Waals surface area contributed by atoms with Gasteiger partial charge in [-0.3, -0.25) is 24.5 Å². The monoisotopic (exact) mass is 394 g/mol. The van der Waals surface area contributed by atoms with Crippen LogP contribution in [0, 0.1) is 27.9 Å². The van der Waals surface area contributed by atoms with Crippen molar-refractivity contribution in [2.45, 2.75) is 24.7 Å². The number of thioether (sulfide) groups is 1. The Morgan fingerprint density at radius 3 is 2.74 bits per heavy atom. The largest absolute Gasteiger partial charge is 0.456 e. The molecule has 1 saturated carbocycles. The van der Waals surface area contributed by atoms with E-state index in [9.17, 15) is 24.5 Å². The number of carbonyl (C=O) groups excluding carboxylic acids is 3. The number of amides is 1. The molecule has 9 heteroatoms. The lowest BCUT2D eigenvalue weighted by molar-refractivity contribution is -0.490. The molecule has 2 rings (SSSR count). The van der Waals surface area contributed by atoms with Crippen LogP contribution in [0.5, 0.6) is 0 Å². The zero-order valence-corrected chi connectivity index (χ0v) is 16.0. The van der Waals surface area contributed by atoms with Crippen molar-refractivity contribution in [1.29, 1.82) is 0 Å². The molecule has 8 nitrogen and oxygen atoms in total. The van der Waals surface area contributed by atoms with Crippen LogP contribution in [0.2, 0.25) is 0 Å². The summed E-state index contributed by atoms with van der Waals surface area (Å²) in [4.78, 5) is 47.3. The SMILES string of the molecule is CSc1ccccc1NC(=O)COC(=O)C[C@H]1C(=O)C[C@H](C)[C@H]1C[N+](=O)[O-]. The molecule has 0 aromatic heterocycles. The molecule has 1 fully saturated rings. The molecule has 1 N–H and O–H groups in total. The van der Waals surface area contributed by atoms with Crippen molar-refractivity contribution in [3.63, 3.8) is 0 Å². The van der Waals surface area contributed by atoms with Crippen LogP contribution < -0.4 is 5.32 Å². The summed E-state index contributed by atoms with van der Waals surface area (Å²) in [6.07, 6.45) is 1.87. The summed E-state index contributed by atoms with van der Waals surface area (Å²) in [6.45, 7) is 0.947. The Balaban J connectivity index is 1.87. The number of anilines is 1. The molecule has 27 heavy (non-hydrogen) atoms. The van der Waals surface area contributed by atoms with Gasteiger partial charge in [-0.25, -0.2) is 0 Å². The van der Waals surface area contributed by atoms with E-state index in [1.165, 1.54) is 11.8 Å². The minimum absolute atomic E-state index is 0.146. The summed E-state index contributed by atoms with van der Waals surface area (Å²) in [5.74, 6) is -2.71. The number of ether oxygens (including phenoxy) is 1. The third-order valence-corrected chi connectivity index (χ3v) is 5.47. The number of rotatable bonds is 8. The van der Waals surface area contributed by atoms with E-state index in [-0.39, 0.29) is 31.1 Å². The van der Waals surface area contributed by atoms with Gasteiger partial charge in [0.05, 0.1) is 12.1 Å². The maximum atomic E-state index is 12.0. The van der Waals surface area contributed by atoms with Crippen LogP contribution in [0.3, 0.4) is 0 Å². The summed E-state index contributed by atoms with van der Waals surface area (Å²) in [5, 5.41) is 13.5. The Hall–Kier alpha value is -2.42. The predicted molar refractivity (Wildman–Crippen MR) is 100 cm³/mol. The average molecular weight is 394 g/mol. The van der Waals surface area contributed by atoms with Crippen molar-refractivity contribution < 1.29 is 24.0 Å². The van der Waals surface area contributed by atoms with Crippen molar-refractivity contribution >= 4 is 35.1 Å². The smallest absolute Gasteiger partial charge is 0.307 e.